The molecule has 1 aliphatic rings. The maximum absolute atomic E-state index is 12.4. The Bertz CT molecular complexity index is 640. The maximum atomic E-state index is 12.4. The first-order chi connectivity index (χ1) is 12.2. The topological polar surface area (TPSA) is 62.8 Å². The van der Waals surface area contributed by atoms with Crippen LogP contribution in [-0.2, 0) is 6.42 Å². The van der Waals surface area contributed by atoms with Gasteiger partial charge < -0.3 is 20.1 Å². The highest BCUT2D eigenvalue weighted by molar-refractivity contribution is 5.75. The average molecular weight is 364 g/mol. The van der Waals surface area contributed by atoms with E-state index in [-0.39, 0.29) is 23.7 Å². The van der Waals surface area contributed by atoms with Crippen LogP contribution in [0.2, 0.25) is 0 Å². The van der Waals surface area contributed by atoms with Gasteiger partial charge in [-0.15, -0.1) is 0 Å². The molecule has 1 aromatic carbocycles. The highest BCUT2D eigenvalue weighted by atomic mass is 16.5. The van der Waals surface area contributed by atoms with E-state index in [0.717, 1.165) is 31.0 Å². The summed E-state index contributed by atoms with van der Waals surface area (Å²) >= 11 is 0. The van der Waals surface area contributed by atoms with Crippen molar-refractivity contribution in [1.29, 1.82) is 0 Å². The van der Waals surface area contributed by atoms with Gasteiger partial charge in [0, 0.05) is 18.1 Å². The number of likely N-dealkylation sites (N-methyl/N-ethyl adjacent to an activating group) is 1. The fourth-order valence-corrected chi connectivity index (χ4v) is 3.63. The molecule has 1 aliphatic heterocycles. The minimum Gasteiger partial charge on any atom is -0.493 e. The minimum atomic E-state index is -0.269. The van der Waals surface area contributed by atoms with Crippen LogP contribution in [0, 0.1) is 0 Å². The van der Waals surface area contributed by atoms with Gasteiger partial charge >= 0.3 is 6.03 Å². The average Bonchev–Trinajstić information content (AvgIpc) is 2.57. The maximum Gasteiger partial charge on any atom is 0.315 e. The van der Waals surface area contributed by atoms with Gasteiger partial charge in [-0.05, 0) is 63.9 Å². The molecule has 0 saturated heterocycles. The van der Waals surface area contributed by atoms with Gasteiger partial charge in [0.1, 0.15) is 0 Å². The summed E-state index contributed by atoms with van der Waals surface area (Å²) in [6.07, 6.45) is 0.959. The predicted molar refractivity (Wildman–Crippen MR) is 104 cm³/mol. The highest BCUT2D eigenvalue weighted by Crippen LogP contribution is 2.39. The fraction of sp³-hybridized carbons (Fsp3) is 0.650. The molecular weight excluding hydrogens is 330 g/mol. The second kappa shape index (κ2) is 8.16. The molecular formula is C20H33N3O3. The van der Waals surface area contributed by atoms with Crippen molar-refractivity contribution in [2.75, 3.05) is 27.3 Å². The summed E-state index contributed by atoms with van der Waals surface area (Å²) < 4.78 is 11.0. The summed E-state index contributed by atoms with van der Waals surface area (Å²) in [4.78, 5) is 14.8. The molecule has 6 heteroatoms. The SMILES string of the molecule is CCN1CCc2cc(OC)c(OC)cc2[C@@H]1[C@@H](C)NC(=O)NC(C)(C)C. The molecule has 0 bridgehead atoms. The number of ether oxygens (including phenoxy) is 2. The zero-order valence-electron chi connectivity index (χ0n) is 17.1. The number of carbonyl (C=O) groups excluding carboxylic acids is 1. The van der Waals surface area contributed by atoms with Gasteiger partial charge in [0.15, 0.2) is 11.5 Å². The lowest BCUT2D eigenvalue weighted by molar-refractivity contribution is 0.157. The number of amides is 2. The number of rotatable bonds is 5. The van der Waals surface area contributed by atoms with Crippen LogP contribution in [0.25, 0.3) is 0 Å². The van der Waals surface area contributed by atoms with Crippen molar-refractivity contribution in [2.24, 2.45) is 0 Å². The molecule has 0 aromatic heterocycles. The zero-order valence-corrected chi connectivity index (χ0v) is 17.1. The molecule has 2 N–H and O–H groups in total. The molecule has 1 heterocycles. The number of nitrogens with zero attached hydrogens (tertiary/aromatic N) is 1. The number of benzene rings is 1. The van der Waals surface area contributed by atoms with E-state index >= 15 is 0 Å². The third kappa shape index (κ3) is 4.61. The Hall–Kier alpha value is -1.95. The van der Waals surface area contributed by atoms with Crippen LogP contribution in [0.1, 0.15) is 51.8 Å². The van der Waals surface area contributed by atoms with E-state index in [2.05, 4.69) is 41.5 Å². The van der Waals surface area contributed by atoms with Crippen LogP contribution in [0.15, 0.2) is 12.1 Å². The third-order valence-electron chi connectivity index (χ3n) is 4.75. The number of nitrogens with one attached hydrogen (secondary N) is 2. The van der Waals surface area contributed by atoms with Crippen molar-refractivity contribution < 1.29 is 14.3 Å². The number of carbonyl (C=O) groups is 1. The molecule has 2 amide bonds. The third-order valence-corrected chi connectivity index (χ3v) is 4.75. The predicted octanol–water partition coefficient (Wildman–Crippen LogP) is 3.11. The first kappa shape index (κ1) is 20.4. The summed E-state index contributed by atoms with van der Waals surface area (Å²) in [5, 5.41) is 6.09. The van der Waals surface area contributed by atoms with Gasteiger partial charge in [0.05, 0.1) is 20.3 Å². The van der Waals surface area contributed by atoms with Crippen molar-refractivity contribution in [2.45, 2.75) is 58.7 Å². The molecule has 2 atom stereocenters. The summed E-state index contributed by atoms with van der Waals surface area (Å²) in [7, 11) is 3.31. The first-order valence-corrected chi connectivity index (χ1v) is 9.27. The van der Waals surface area contributed by atoms with Gasteiger partial charge in [-0.2, -0.15) is 0 Å². The lowest BCUT2D eigenvalue weighted by Crippen LogP contribution is -2.53. The van der Waals surface area contributed by atoms with E-state index in [1.54, 1.807) is 14.2 Å². The Morgan fingerprint density at radius 2 is 1.88 bits per heavy atom. The molecule has 1 aromatic rings. The molecule has 0 fully saturated rings. The van der Waals surface area contributed by atoms with E-state index in [0.29, 0.717) is 0 Å². The van der Waals surface area contributed by atoms with Gasteiger partial charge in [-0.1, -0.05) is 6.92 Å². The molecule has 0 aliphatic carbocycles. The smallest absolute Gasteiger partial charge is 0.315 e. The van der Waals surface area contributed by atoms with Crippen molar-refractivity contribution in [3.8, 4) is 11.5 Å². The molecule has 0 saturated carbocycles. The Balaban J connectivity index is 2.32. The van der Waals surface area contributed by atoms with Gasteiger partial charge in [-0.3, -0.25) is 4.90 Å². The Kier molecular flexibility index (Phi) is 6.39. The quantitative estimate of drug-likeness (QED) is 0.844. The van der Waals surface area contributed by atoms with E-state index in [1.807, 2.05) is 20.8 Å². The Morgan fingerprint density at radius 1 is 1.27 bits per heavy atom. The second-order valence-electron chi connectivity index (χ2n) is 7.87. The molecule has 0 unspecified atom stereocenters. The molecule has 0 spiro atoms. The van der Waals surface area contributed by atoms with Crippen molar-refractivity contribution in [3.05, 3.63) is 23.3 Å². The normalized spacial score (nSPS) is 18.7. The summed E-state index contributed by atoms with van der Waals surface area (Å²) in [5.74, 6) is 1.47. The van der Waals surface area contributed by atoms with Crippen molar-refractivity contribution in [3.63, 3.8) is 0 Å². The van der Waals surface area contributed by atoms with Crippen LogP contribution < -0.4 is 20.1 Å². The molecule has 146 valence electrons. The van der Waals surface area contributed by atoms with Crippen LogP contribution >= 0.6 is 0 Å². The summed E-state index contributed by atoms with van der Waals surface area (Å²) in [6.45, 7) is 12.0. The lowest BCUT2D eigenvalue weighted by Gasteiger charge is -2.40. The summed E-state index contributed by atoms with van der Waals surface area (Å²) in [6, 6.07) is 4.02. The zero-order chi connectivity index (χ0) is 19.5. The monoisotopic (exact) mass is 363 g/mol. The molecule has 6 nitrogen and oxygen atoms in total. The number of methoxy groups -OCH3 is 2. The van der Waals surface area contributed by atoms with Crippen molar-refractivity contribution in [1.82, 2.24) is 15.5 Å². The van der Waals surface area contributed by atoms with Crippen LogP contribution in [0.5, 0.6) is 11.5 Å². The van der Waals surface area contributed by atoms with Crippen LogP contribution in [0.4, 0.5) is 4.79 Å². The summed E-state index contributed by atoms with van der Waals surface area (Å²) in [5.41, 5.74) is 2.18. The number of fused-ring (bicyclic) bond motifs is 1. The van der Waals surface area contributed by atoms with E-state index in [1.165, 1.54) is 11.1 Å². The molecule has 0 radical (unpaired) electrons. The van der Waals surface area contributed by atoms with Gasteiger partial charge in [0.2, 0.25) is 0 Å². The lowest BCUT2D eigenvalue weighted by atomic mass is 9.88. The van der Waals surface area contributed by atoms with Crippen LogP contribution in [-0.4, -0.2) is 49.8 Å². The molecule has 26 heavy (non-hydrogen) atoms. The second-order valence-corrected chi connectivity index (χ2v) is 7.87. The Labute approximate surface area is 157 Å². The number of hydrogen-bond donors (Lipinski definition) is 2. The van der Waals surface area contributed by atoms with E-state index in [4.69, 9.17) is 9.47 Å². The highest BCUT2D eigenvalue weighted by Gasteiger charge is 2.33. The number of hydrogen-bond acceptors (Lipinski definition) is 4. The van der Waals surface area contributed by atoms with E-state index in [9.17, 15) is 4.79 Å². The standard InChI is InChI=1S/C20H33N3O3/c1-8-23-10-9-14-11-16(25-6)17(26-7)12-15(14)18(23)13(2)21-19(24)22-20(3,4)5/h11-13,18H,8-10H2,1-7H3,(H2,21,22,24)/t13-,18+/m1/s1. The number of urea groups is 1. The fourth-order valence-electron chi connectivity index (χ4n) is 3.63. The first-order valence-electron chi connectivity index (χ1n) is 9.27. The van der Waals surface area contributed by atoms with Gasteiger partial charge in [-0.25, -0.2) is 4.79 Å². The van der Waals surface area contributed by atoms with Crippen LogP contribution in [0.3, 0.4) is 0 Å². The van der Waals surface area contributed by atoms with E-state index < -0.39 is 0 Å². The van der Waals surface area contributed by atoms with Gasteiger partial charge in [0.25, 0.3) is 0 Å². The minimum absolute atomic E-state index is 0.0468. The van der Waals surface area contributed by atoms with Crippen molar-refractivity contribution >= 4 is 6.03 Å². The largest absolute Gasteiger partial charge is 0.493 e. The molecule has 2 rings (SSSR count). The Morgan fingerprint density at radius 3 is 2.42 bits per heavy atom.